The Labute approximate surface area is 58.1 Å². The molecule has 0 aromatic rings. The average Bonchev–Trinajstić information content (AvgIpc) is 1.89. The predicted molar refractivity (Wildman–Crippen MR) is 40.1 cm³/mol. The molecular weight excluding hydrogens is 112 g/mol. The van der Waals surface area contributed by atoms with Gasteiger partial charge in [-0.15, -0.1) is 0 Å². The van der Waals surface area contributed by atoms with Crippen molar-refractivity contribution in [2.75, 3.05) is 0 Å². The molecule has 1 atom stereocenters. The Balaban J connectivity index is 2.88. The van der Waals surface area contributed by atoms with Gasteiger partial charge in [0.15, 0.2) is 0 Å². The van der Waals surface area contributed by atoms with Gasteiger partial charge in [-0.05, 0) is 19.3 Å². The summed E-state index contributed by atoms with van der Waals surface area (Å²) in [5, 5.41) is 9.07. The van der Waals surface area contributed by atoms with Crippen molar-refractivity contribution in [2.24, 2.45) is 0 Å². The van der Waals surface area contributed by atoms with Crippen molar-refractivity contribution in [2.45, 2.75) is 45.6 Å². The molecule has 0 saturated carbocycles. The molecule has 0 heterocycles. The molecule has 0 saturated heterocycles. The monoisotopic (exact) mass is 129 g/mol. The maximum Gasteiger partial charge on any atom is 0.0537 e. The Bertz CT molecular complexity index is 52.5. The van der Waals surface area contributed by atoms with Crippen LogP contribution in [0, 0.1) is 6.42 Å². The fraction of sp³-hybridized carbons (Fsp3) is 0.875. The van der Waals surface area contributed by atoms with Gasteiger partial charge < -0.3 is 5.11 Å². The van der Waals surface area contributed by atoms with E-state index in [1.807, 2.05) is 6.92 Å². The summed E-state index contributed by atoms with van der Waals surface area (Å²) in [5.41, 5.74) is 0. The van der Waals surface area contributed by atoms with Crippen LogP contribution in [0.15, 0.2) is 0 Å². The Morgan fingerprint density at radius 1 is 1.56 bits per heavy atom. The van der Waals surface area contributed by atoms with Crippen LogP contribution in [-0.4, -0.2) is 11.2 Å². The third kappa shape index (κ3) is 5.84. The molecule has 0 bridgehead atoms. The first kappa shape index (κ1) is 8.96. The van der Waals surface area contributed by atoms with Crippen molar-refractivity contribution in [3.63, 3.8) is 0 Å². The second-order valence-corrected chi connectivity index (χ2v) is 2.40. The van der Waals surface area contributed by atoms with Gasteiger partial charge in [0.25, 0.3) is 0 Å². The lowest BCUT2D eigenvalue weighted by Crippen LogP contribution is -2.02. The summed E-state index contributed by atoms with van der Waals surface area (Å²) in [6.45, 7) is 4.07. The van der Waals surface area contributed by atoms with E-state index in [1.54, 1.807) is 0 Å². The molecule has 0 amide bonds. The molecule has 0 spiro atoms. The van der Waals surface area contributed by atoms with Crippen LogP contribution in [0.3, 0.4) is 0 Å². The van der Waals surface area contributed by atoms with E-state index in [1.165, 1.54) is 0 Å². The molecule has 0 aliphatic carbocycles. The minimum atomic E-state index is -0.0649. The first-order valence-electron chi connectivity index (χ1n) is 3.77. The van der Waals surface area contributed by atoms with Gasteiger partial charge in [0.2, 0.25) is 0 Å². The lowest BCUT2D eigenvalue weighted by atomic mass is 10.1. The molecule has 1 heteroatoms. The molecule has 0 aromatic carbocycles. The third-order valence-electron chi connectivity index (χ3n) is 1.50. The largest absolute Gasteiger partial charge is 0.393 e. The molecule has 0 aliphatic rings. The first-order chi connectivity index (χ1) is 4.31. The number of hydrogen-bond donors (Lipinski definition) is 1. The smallest absolute Gasteiger partial charge is 0.0537 e. The van der Waals surface area contributed by atoms with Crippen molar-refractivity contribution in [1.82, 2.24) is 0 Å². The number of unbranched alkanes of at least 4 members (excludes halogenated alkanes) is 2. The lowest BCUT2D eigenvalue weighted by Gasteiger charge is -2.04. The molecule has 1 N–H and O–H groups in total. The van der Waals surface area contributed by atoms with Gasteiger partial charge in [-0.25, -0.2) is 0 Å². The fourth-order valence-electron chi connectivity index (χ4n) is 0.762. The summed E-state index contributed by atoms with van der Waals surface area (Å²) in [7, 11) is 0. The highest BCUT2D eigenvalue weighted by atomic mass is 16.3. The maximum atomic E-state index is 9.07. The summed E-state index contributed by atoms with van der Waals surface area (Å²) in [6, 6.07) is 0. The minimum absolute atomic E-state index is 0.0649. The zero-order chi connectivity index (χ0) is 7.11. The van der Waals surface area contributed by atoms with Gasteiger partial charge in [0, 0.05) is 0 Å². The molecule has 0 rings (SSSR count). The highest BCUT2D eigenvalue weighted by Gasteiger charge is 1.97. The van der Waals surface area contributed by atoms with Crippen molar-refractivity contribution in [3.05, 3.63) is 6.42 Å². The number of hydrogen-bond acceptors (Lipinski definition) is 1. The fourth-order valence-corrected chi connectivity index (χ4v) is 0.762. The molecule has 1 radical (unpaired) electrons. The Kier molecular flexibility index (Phi) is 6.06. The number of aliphatic hydroxyl groups excluding tert-OH is 1. The van der Waals surface area contributed by atoms with Gasteiger partial charge in [0.05, 0.1) is 6.10 Å². The van der Waals surface area contributed by atoms with Gasteiger partial charge in [-0.2, -0.15) is 0 Å². The number of aliphatic hydroxyl groups is 1. The average molecular weight is 129 g/mol. The molecule has 0 aromatic heterocycles. The van der Waals surface area contributed by atoms with Crippen LogP contribution in [0.1, 0.15) is 39.5 Å². The Morgan fingerprint density at radius 3 is 2.67 bits per heavy atom. The summed E-state index contributed by atoms with van der Waals surface area (Å²) in [5.74, 6) is 0. The third-order valence-corrected chi connectivity index (χ3v) is 1.50. The summed E-state index contributed by atoms with van der Waals surface area (Å²) in [4.78, 5) is 0. The predicted octanol–water partition coefficient (Wildman–Crippen LogP) is 2.15. The molecule has 0 fully saturated rings. The van der Waals surface area contributed by atoms with E-state index in [0.29, 0.717) is 0 Å². The zero-order valence-corrected chi connectivity index (χ0v) is 6.43. The van der Waals surface area contributed by atoms with Crippen LogP contribution in [-0.2, 0) is 0 Å². The van der Waals surface area contributed by atoms with Crippen LogP contribution in [0.25, 0.3) is 0 Å². The maximum absolute atomic E-state index is 9.07. The van der Waals surface area contributed by atoms with Crippen molar-refractivity contribution >= 4 is 0 Å². The van der Waals surface area contributed by atoms with Crippen molar-refractivity contribution in [1.29, 1.82) is 0 Å². The lowest BCUT2D eigenvalue weighted by molar-refractivity contribution is 0.157. The van der Waals surface area contributed by atoms with E-state index in [9.17, 15) is 0 Å². The molecule has 55 valence electrons. The molecule has 9 heavy (non-hydrogen) atoms. The van der Waals surface area contributed by atoms with E-state index in [2.05, 4.69) is 13.3 Å². The van der Waals surface area contributed by atoms with Crippen LogP contribution >= 0.6 is 0 Å². The van der Waals surface area contributed by atoms with Crippen molar-refractivity contribution < 1.29 is 5.11 Å². The van der Waals surface area contributed by atoms with Crippen LogP contribution < -0.4 is 0 Å². The normalized spacial score (nSPS) is 13.7. The van der Waals surface area contributed by atoms with Gasteiger partial charge in [0.1, 0.15) is 0 Å². The van der Waals surface area contributed by atoms with Gasteiger partial charge in [-0.3, -0.25) is 0 Å². The SMILES string of the molecule is C[CH]CCCC(O)CC. The molecule has 1 nitrogen and oxygen atoms in total. The highest BCUT2D eigenvalue weighted by molar-refractivity contribution is 4.58. The first-order valence-corrected chi connectivity index (χ1v) is 3.77. The minimum Gasteiger partial charge on any atom is -0.393 e. The molecule has 1 unspecified atom stereocenters. The number of rotatable bonds is 5. The Morgan fingerprint density at radius 2 is 2.22 bits per heavy atom. The van der Waals surface area contributed by atoms with E-state index in [0.717, 1.165) is 25.7 Å². The summed E-state index contributed by atoms with van der Waals surface area (Å²) >= 11 is 0. The van der Waals surface area contributed by atoms with E-state index >= 15 is 0 Å². The van der Waals surface area contributed by atoms with Gasteiger partial charge >= 0.3 is 0 Å². The van der Waals surface area contributed by atoms with Crippen LogP contribution in [0.4, 0.5) is 0 Å². The zero-order valence-electron chi connectivity index (χ0n) is 6.43. The Hall–Kier alpha value is -0.0400. The van der Waals surface area contributed by atoms with E-state index < -0.39 is 0 Å². The summed E-state index contributed by atoms with van der Waals surface area (Å²) < 4.78 is 0. The summed E-state index contributed by atoms with van der Waals surface area (Å²) in [6.07, 6.45) is 6.19. The topological polar surface area (TPSA) is 20.2 Å². The van der Waals surface area contributed by atoms with E-state index in [4.69, 9.17) is 5.11 Å². The standard InChI is InChI=1S/C8H17O/c1-3-5-6-7-8(9)4-2/h3,8-9H,4-7H2,1-2H3. The molecule has 0 aliphatic heterocycles. The molecular formula is C8H17O. The van der Waals surface area contributed by atoms with Gasteiger partial charge in [-0.1, -0.05) is 26.7 Å². The van der Waals surface area contributed by atoms with E-state index in [-0.39, 0.29) is 6.10 Å². The van der Waals surface area contributed by atoms with Crippen LogP contribution in [0.5, 0.6) is 0 Å². The second kappa shape index (κ2) is 6.09. The quantitative estimate of drug-likeness (QED) is 0.564. The second-order valence-electron chi connectivity index (χ2n) is 2.40. The highest BCUT2D eigenvalue weighted by Crippen LogP contribution is 2.04. The van der Waals surface area contributed by atoms with Crippen molar-refractivity contribution in [3.8, 4) is 0 Å². The van der Waals surface area contributed by atoms with Crippen LogP contribution in [0.2, 0.25) is 0 Å².